The second kappa shape index (κ2) is 14.8. The van der Waals surface area contributed by atoms with E-state index in [1.165, 1.54) is 33.0 Å². The maximum Gasteiger partial charge on any atom is 0.327 e. The predicted octanol–water partition coefficient (Wildman–Crippen LogP) is 2.97. The van der Waals surface area contributed by atoms with Gasteiger partial charge in [0.05, 0.1) is 20.1 Å². The summed E-state index contributed by atoms with van der Waals surface area (Å²) in [5.74, 6) is -0.0325. The van der Waals surface area contributed by atoms with Crippen molar-refractivity contribution in [2.45, 2.75) is 65.0 Å². The molecular formula is C29H43N7O4. The third-order valence-corrected chi connectivity index (χ3v) is 7.34. The van der Waals surface area contributed by atoms with Crippen molar-refractivity contribution < 1.29 is 14.3 Å². The highest BCUT2D eigenvalue weighted by molar-refractivity contribution is 5.81. The number of nitrogen functional groups attached to an aromatic ring is 1. The number of nitrogens with zero attached hydrogens (tertiary/aromatic N) is 5. The first-order valence-corrected chi connectivity index (χ1v) is 14.4. The maximum absolute atomic E-state index is 12.8. The van der Waals surface area contributed by atoms with Crippen LogP contribution in [0.3, 0.4) is 0 Å². The standard InChI is InChI=1S/C29H43N7O4/c1-3-4-18-40-28-32-26(30)25-27(33-28)36(29(38)31-25)17-9-16-35(15-8-14-34-12-5-6-13-34)21-23-11-7-10-22(19-23)20-24(37)39-2/h7,10-11,19H,3-6,8-9,12-18,20-21H2,1-2H3,(H,31,38)(H2,30,32,33). The highest BCUT2D eigenvalue weighted by Gasteiger charge is 2.16. The van der Waals surface area contributed by atoms with E-state index in [2.05, 4.69) is 43.8 Å². The number of rotatable bonds is 16. The summed E-state index contributed by atoms with van der Waals surface area (Å²) in [7, 11) is 1.41. The molecule has 0 saturated carbocycles. The number of nitrogens with one attached hydrogen (secondary N) is 1. The number of imidazole rings is 1. The van der Waals surface area contributed by atoms with Crippen LogP contribution in [0, 0.1) is 0 Å². The Bertz CT molecular complexity index is 1300. The molecule has 3 N–H and O–H groups in total. The van der Waals surface area contributed by atoms with Crippen molar-refractivity contribution in [3.05, 3.63) is 45.9 Å². The molecule has 0 bridgehead atoms. The first-order valence-electron chi connectivity index (χ1n) is 14.4. The predicted molar refractivity (Wildman–Crippen MR) is 155 cm³/mol. The van der Waals surface area contributed by atoms with E-state index in [1.807, 2.05) is 12.1 Å². The second-order valence-electron chi connectivity index (χ2n) is 10.5. The average Bonchev–Trinajstić information content (AvgIpc) is 3.57. The van der Waals surface area contributed by atoms with Gasteiger partial charge in [-0.05, 0) is 69.4 Å². The lowest BCUT2D eigenvalue weighted by atomic mass is 10.1. The molecule has 0 atom stereocenters. The normalized spacial score (nSPS) is 13.9. The van der Waals surface area contributed by atoms with Crippen molar-refractivity contribution in [1.82, 2.24) is 29.3 Å². The van der Waals surface area contributed by atoms with Crippen LogP contribution in [0.25, 0.3) is 11.2 Å². The Labute approximate surface area is 235 Å². The maximum atomic E-state index is 12.8. The number of carbonyl (C=O) groups excluding carboxylic acids is 1. The van der Waals surface area contributed by atoms with Gasteiger partial charge in [-0.3, -0.25) is 14.3 Å². The van der Waals surface area contributed by atoms with Crippen molar-refractivity contribution in [1.29, 1.82) is 0 Å². The lowest BCUT2D eigenvalue weighted by molar-refractivity contribution is -0.139. The van der Waals surface area contributed by atoms with Crippen molar-refractivity contribution in [2.75, 3.05) is 52.2 Å². The molecule has 0 unspecified atom stereocenters. The number of anilines is 1. The lowest BCUT2D eigenvalue weighted by Gasteiger charge is -2.24. The summed E-state index contributed by atoms with van der Waals surface area (Å²) >= 11 is 0. The minimum atomic E-state index is -0.252. The summed E-state index contributed by atoms with van der Waals surface area (Å²) in [4.78, 5) is 41.0. The molecule has 0 amide bonds. The van der Waals surface area contributed by atoms with Crippen LogP contribution in [-0.2, 0) is 29.0 Å². The molecule has 1 saturated heterocycles. The van der Waals surface area contributed by atoms with Crippen molar-refractivity contribution in [2.24, 2.45) is 0 Å². The first kappa shape index (κ1) is 29.5. The summed E-state index contributed by atoms with van der Waals surface area (Å²) in [6, 6.07) is 8.31. The number of unbranched alkanes of at least 4 members (excludes halogenated alkanes) is 1. The van der Waals surface area contributed by atoms with E-state index < -0.39 is 0 Å². The van der Waals surface area contributed by atoms with Crippen LogP contribution < -0.4 is 16.2 Å². The molecule has 11 nitrogen and oxygen atoms in total. The Morgan fingerprint density at radius 3 is 2.60 bits per heavy atom. The molecule has 0 aliphatic carbocycles. The molecule has 2 aromatic heterocycles. The van der Waals surface area contributed by atoms with Crippen LogP contribution in [-0.4, -0.2) is 81.7 Å². The molecule has 3 aromatic rings. The van der Waals surface area contributed by atoms with Crippen LogP contribution in [0.2, 0.25) is 0 Å². The van der Waals surface area contributed by atoms with E-state index in [0.29, 0.717) is 24.3 Å². The third kappa shape index (κ3) is 8.28. The number of aromatic amines is 1. The molecule has 40 heavy (non-hydrogen) atoms. The van der Waals surface area contributed by atoms with E-state index in [1.54, 1.807) is 4.57 Å². The minimum Gasteiger partial charge on any atom is -0.469 e. The molecule has 4 rings (SSSR count). The Morgan fingerprint density at radius 2 is 1.85 bits per heavy atom. The van der Waals surface area contributed by atoms with E-state index in [4.69, 9.17) is 15.2 Å². The number of ether oxygens (including phenoxy) is 2. The van der Waals surface area contributed by atoms with Gasteiger partial charge in [-0.15, -0.1) is 0 Å². The molecule has 1 aliphatic rings. The fourth-order valence-electron chi connectivity index (χ4n) is 5.19. The number of hydrogen-bond donors (Lipinski definition) is 2. The van der Waals surface area contributed by atoms with Gasteiger partial charge in [-0.1, -0.05) is 37.6 Å². The number of esters is 1. The van der Waals surface area contributed by atoms with E-state index in [-0.39, 0.29) is 29.9 Å². The molecule has 0 spiro atoms. The van der Waals surface area contributed by atoms with Gasteiger partial charge in [0.25, 0.3) is 0 Å². The van der Waals surface area contributed by atoms with Crippen LogP contribution in [0.5, 0.6) is 6.01 Å². The number of likely N-dealkylation sites (tertiary alicyclic amines) is 1. The summed E-state index contributed by atoms with van der Waals surface area (Å²) in [6.45, 7) is 9.08. The third-order valence-electron chi connectivity index (χ3n) is 7.34. The zero-order valence-corrected chi connectivity index (χ0v) is 23.9. The van der Waals surface area contributed by atoms with Crippen molar-refractivity contribution in [3.8, 4) is 6.01 Å². The summed E-state index contributed by atoms with van der Waals surface area (Å²) in [5, 5.41) is 0. The van der Waals surface area contributed by atoms with Crippen LogP contribution >= 0.6 is 0 Å². The van der Waals surface area contributed by atoms with E-state index >= 15 is 0 Å². The number of benzene rings is 1. The highest BCUT2D eigenvalue weighted by Crippen LogP contribution is 2.18. The number of nitrogens with two attached hydrogens (primary N) is 1. The Balaban J connectivity index is 1.43. The zero-order valence-electron chi connectivity index (χ0n) is 23.9. The monoisotopic (exact) mass is 553 g/mol. The molecule has 1 aromatic carbocycles. The molecule has 11 heteroatoms. The smallest absolute Gasteiger partial charge is 0.327 e. The van der Waals surface area contributed by atoms with Crippen molar-refractivity contribution >= 4 is 23.0 Å². The van der Waals surface area contributed by atoms with Gasteiger partial charge in [0.15, 0.2) is 11.5 Å². The summed E-state index contributed by atoms with van der Waals surface area (Å²) < 4.78 is 12.1. The largest absolute Gasteiger partial charge is 0.469 e. The van der Waals surface area contributed by atoms with Gasteiger partial charge < -0.3 is 25.1 Å². The summed E-state index contributed by atoms with van der Waals surface area (Å²) in [5.41, 5.74) is 8.87. The highest BCUT2D eigenvalue weighted by atomic mass is 16.5. The number of hydrogen-bond acceptors (Lipinski definition) is 9. The lowest BCUT2D eigenvalue weighted by Crippen LogP contribution is -2.30. The minimum absolute atomic E-state index is 0.196. The molecule has 1 aliphatic heterocycles. The van der Waals surface area contributed by atoms with Crippen LogP contribution in [0.1, 0.15) is 56.6 Å². The topological polar surface area (TPSA) is 132 Å². The van der Waals surface area contributed by atoms with Gasteiger partial charge in [0.1, 0.15) is 5.52 Å². The Kier molecular flexibility index (Phi) is 10.9. The number of carbonyl (C=O) groups is 1. The second-order valence-corrected chi connectivity index (χ2v) is 10.5. The number of methoxy groups -OCH3 is 1. The van der Waals surface area contributed by atoms with Crippen molar-refractivity contribution in [3.63, 3.8) is 0 Å². The Morgan fingerprint density at radius 1 is 1.10 bits per heavy atom. The van der Waals surface area contributed by atoms with E-state index in [9.17, 15) is 9.59 Å². The molecule has 1 fully saturated rings. The Hall–Kier alpha value is -3.44. The fraction of sp³-hybridized carbons (Fsp3) is 0.586. The fourth-order valence-corrected chi connectivity index (χ4v) is 5.19. The van der Waals surface area contributed by atoms with E-state index in [0.717, 1.165) is 63.0 Å². The van der Waals surface area contributed by atoms with Gasteiger partial charge in [0, 0.05) is 19.6 Å². The average molecular weight is 554 g/mol. The number of H-pyrrole nitrogens is 1. The van der Waals surface area contributed by atoms with Gasteiger partial charge >= 0.3 is 17.7 Å². The van der Waals surface area contributed by atoms with Gasteiger partial charge in [0.2, 0.25) is 0 Å². The molecule has 3 heterocycles. The number of aromatic nitrogens is 4. The van der Waals surface area contributed by atoms with Gasteiger partial charge in [-0.2, -0.15) is 9.97 Å². The quantitative estimate of drug-likeness (QED) is 0.203. The molecule has 0 radical (unpaired) electrons. The summed E-state index contributed by atoms with van der Waals surface area (Å²) in [6.07, 6.45) is 6.56. The molecular weight excluding hydrogens is 510 g/mol. The zero-order chi connectivity index (χ0) is 28.3. The first-order chi connectivity index (χ1) is 19.5. The van der Waals surface area contributed by atoms with Crippen LogP contribution in [0.4, 0.5) is 5.82 Å². The van der Waals surface area contributed by atoms with Gasteiger partial charge in [-0.25, -0.2) is 4.79 Å². The SMILES string of the molecule is CCCCOc1nc(N)c2[nH]c(=O)n(CCCN(CCCN3CCCC3)Cc3cccc(CC(=O)OC)c3)c2n1. The number of aryl methyl sites for hydroxylation is 1. The van der Waals surface area contributed by atoms with Crippen LogP contribution in [0.15, 0.2) is 29.1 Å². The molecule has 218 valence electrons. The number of fused-ring (bicyclic) bond motifs is 1.